The van der Waals surface area contributed by atoms with Crippen LogP contribution in [-0.2, 0) is 4.79 Å². The first-order chi connectivity index (χ1) is 10.9. The fraction of sp³-hybridized carbons (Fsp3) is 0.176. The molecule has 0 aliphatic carbocycles. The van der Waals surface area contributed by atoms with Crippen molar-refractivity contribution in [3.8, 4) is 5.75 Å². The lowest BCUT2D eigenvalue weighted by atomic mass is 10.2. The standard InChI is InChI=1S/C17H19N3O3/c1-11-3-9-15(10-4-11)23-12(2)16(21)19-13-5-7-14(8-6-13)20-17(18)22/h3-10,12H,1-2H3,(H,19,21)(H3,18,20,22)/t12-/m1/s1. The molecule has 0 fully saturated rings. The van der Waals surface area contributed by atoms with E-state index in [4.69, 9.17) is 10.5 Å². The number of carbonyl (C=O) groups is 2. The van der Waals surface area contributed by atoms with Crippen molar-refractivity contribution in [2.45, 2.75) is 20.0 Å². The number of aryl methyl sites for hydroxylation is 1. The van der Waals surface area contributed by atoms with Crippen LogP contribution in [0.2, 0.25) is 0 Å². The SMILES string of the molecule is Cc1ccc(O[C@H](C)C(=O)Nc2ccc(NC(N)=O)cc2)cc1. The minimum atomic E-state index is -0.638. The Bertz CT molecular complexity index is 681. The molecule has 0 heterocycles. The average molecular weight is 313 g/mol. The van der Waals surface area contributed by atoms with Crippen molar-refractivity contribution in [2.75, 3.05) is 10.6 Å². The molecule has 6 nitrogen and oxygen atoms in total. The second-order valence-electron chi connectivity index (χ2n) is 5.13. The maximum atomic E-state index is 12.1. The maximum Gasteiger partial charge on any atom is 0.316 e. The number of ether oxygens (including phenoxy) is 1. The van der Waals surface area contributed by atoms with Crippen LogP contribution in [0, 0.1) is 6.92 Å². The zero-order chi connectivity index (χ0) is 16.8. The molecule has 0 aliphatic heterocycles. The van der Waals surface area contributed by atoms with Crippen LogP contribution in [0.3, 0.4) is 0 Å². The molecule has 0 aliphatic rings. The van der Waals surface area contributed by atoms with E-state index < -0.39 is 12.1 Å². The molecule has 23 heavy (non-hydrogen) atoms. The number of amides is 3. The third-order valence-electron chi connectivity index (χ3n) is 3.12. The minimum absolute atomic E-state index is 0.263. The summed E-state index contributed by atoms with van der Waals surface area (Å²) >= 11 is 0. The fourth-order valence-electron chi connectivity index (χ4n) is 1.90. The van der Waals surface area contributed by atoms with E-state index in [9.17, 15) is 9.59 Å². The third kappa shape index (κ3) is 5.03. The lowest BCUT2D eigenvalue weighted by Gasteiger charge is -2.15. The van der Waals surface area contributed by atoms with E-state index >= 15 is 0 Å². The molecular formula is C17H19N3O3. The molecule has 120 valence electrons. The van der Waals surface area contributed by atoms with E-state index in [0.29, 0.717) is 17.1 Å². The summed E-state index contributed by atoms with van der Waals surface area (Å²) in [5, 5.41) is 5.19. The van der Waals surface area contributed by atoms with Gasteiger partial charge in [-0.3, -0.25) is 4.79 Å². The Labute approximate surface area is 134 Å². The molecule has 2 rings (SSSR count). The summed E-state index contributed by atoms with van der Waals surface area (Å²) in [6.07, 6.45) is -0.638. The van der Waals surface area contributed by atoms with E-state index in [0.717, 1.165) is 5.56 Å². The summed E-state index contributed by atoms with van der Waals surface area (Å²) < 4.78 is 5.59. The molecule has 0 bridgehead atoms. The van der Waals surface area contributed by atoms with Crippen LogP contribution >= 0.6 is 0 Å². The molecule has 2 aromatic carbocycles. The Morgan fingerprint density at radius 2 is 1.48 bits per heavy atom. The highest BCUT2D eigenvalue weighted by molar-refractivity contribution is 5.94. The largest absolute Gasteiger partial charge is 0.481 e. The molecule has 4 N–H and O–H groups in total. The second kappa shape index (κ2) is 7.31. The van der Waals surface area contributed by atoms with Crippen LogP contribution < -0.4 is 21.1 Å². The van der Waals surface area contributed by atoms with Crippen molar-refractivity contribution in [1.29, 1.82) is 0 Å². The van der Waals surface area contributed by atoms with Gasteiger partial charge in [-0.2, -0.15) is 0 Å². The zero-order valence-corrected chi connectivity index (χ0v) is 13.0. The summed E-state index contributed by atoms with van der Waals surface area (Å²) in [6, 6.07) is 13.5. The molecule has 0 saturated heterocycles. The van der Waals surface area contributed by atoms with Gasteiger partial charge < -0.3 is 21.1 Å². The predicted octanol–water partition coefficient (Wildman–Crippen LogP) is 2.89. The fourth-order valence-corrected chi connectivity index (χ4v) is 1.90. The molecule has 1 atom stereocenters. The van der Waals surface area contributed by atoms with Gasteiger partial charge in [-0.1, -0.05) is 17.7 Å². The molecule has 3 amide bonds. The lowest BCUT2D eigenvalue weighted by Crippen LogP contribution is -2.30. The molecule has 0 unspecified atom stereocenters. The average Bonchev–Trinajstić information content (AvgIpc) is 2.51. The highest BCUT2D eigenvalue weighted by Gasteiger charge is 2.14. The van der Waals surface area contributed by atoms with Crippen molar-refractivity contribution < 1.29 is 14.3 Å². The summed E-state index contributed by atoms with van der Waals surface area (Å²) in [6.45, 7) is 3.66. The van der Waals surface area contributed by atoms with E-state index in [1.165, 1.54) is 0 Å². The van der Waals surface area contributed by atoms with Gasteiger partial charge in [-0.05, 0) is 50.2 Å². The van der Waals surface area contributed by atoms with Crippen molar-refractivity contribution in [1.82, 2.24) is 0 Å². The van der Waals surface area contributed by atoms with E-state index in [-0.39, 0.29) is 5.91 Å². The quantitative estimate of drug-likeness (QED) is 0.792. The highest BCUT2D eigenvalue weighted by atomic mass is 16.5. The van der Waals surface area contributed by atoms with Crippen molar-refractivity contribution in [3.05, 3.63) is 54.1 Å². The number of primary amides is 1. The lowest BCUT2D eigenvalue weighted by molar-refractivity contribution is -0.122. The van der Waals surface area contributed by atoms with Crippen LogP contribution in [0.15, 0.2) is 48.5 Å². The first-order valence-corrected chi connectivity index (χ1v) is 7.15. The third-order valence-corrected chi connectivity index (χ3v) is 3.12. The molecule has 0 aromatic heterocycles. The van der Waals surface area contributed by atoms with Gasteiger partial charge in [0.05, 0.1) is 0 Å². The molecular weight excluding hydrogens is 294 g/mol. The Kier molecular flexibility index (Phi) is 5.19. The molecule has 0 saturated carbocycles. The van der Waals surface area contributed by atoms with Gasteiger partial charge in [0.2, 0.25) is 0 Å². The van der Waals surface area contributed by atoms with Crippen molar-refractivity contribution in [2.24, 2.45) is 5.73 Å². The number of carbonyl (C=O) groups excluding carboxylic acids is 2. The summed E-state index contributed by atoms with van der Waals surface area (Å²) in [4.78, 5) is 22.9. The van der Waals surface area contributed by atoms with Gasteiger partial charge in [0, 0.05) is 11.4 Å². The van der Waals surface area contributed by atoms with Crippen LogP contribution in [0.5, 0.6) is 5.75 Å². The number of hydrogen-bond acceptors (Lipinski definition) is 3. The van der Waals surface area contributed by atoms with Crippen LogP contribution in [0.4, 0.5) is 16.2 Å². The first-order valence-electron chi connectivity index (χ1n) is 7.15. The smallest absolute Gasteiger partial charge is 0.316 e. The van der Waals surface area contributed by atoms with Gasteiger partial charge in [0.1, 0.15) is 5.75 Å². The van der Waals surface area contributed by atoms with Crippen LogP contribution in [-0.4, -0.2) is 18.0 Å². The molecule has 0 radical (unpaired) electrons. The predicted molar refractivity (Wildman–Crippen MR) is 89.5 cm³/mol. The molecule has 0 spiro atoms. The monoisotopic (exact) mass is 313 g/mol. The summed E-state index contributed by atoms with van der Waals surface area (Å²) in [5.74, 6) is 0.375. The topological polar surface area (TPSA) is 93.4 Å². The molecule has 2 aromatic rings. The Morgan fingerprint density at radius 3 is 2.00 bits per heavy atom. The number of hydrogen-bond donors (Lipinski definition) is 3. The Balaban J connectivity index is 1.92. The number of benzene rings is 2. The van der Waals surface area contributed by atoms with E-state index in [1.807, 2.05) is 31.2 Å². The minimum Gasteiger partial charge on any atom is -0.481 e. The Morgan fingerprint density at radius 1 is 0.957 bits per heavy atom. The number of anilines is 2. The van der Waals surface area contributed by atoms with Crippen molar-refractivity contribution in [3.63, 3.8) is 0 Å². The van der Waals surface area contributed by atoms with Gasteiger partial charge >= 0.3 is 6.03 Å². The van der Waals surface area contributed by atoms with Crippen LogP contribution in [0.25, 0.3) is 0 Å². The van der Waals surface area contributed by atoms with Crippen LogP contribution in [0.1, 0.15) is 12.5 Å². The van der Waals surface area contributed by atoms with E-state index in [1.54, 1.807) is 31.2 Å². The molecule has 6 heteroatoms. The zero-order valence-electron chi connectivity index (χ0n) is 13.0. The van der Waals surface area contributed by atoms with Crippen molar-refractivity contribution >= 4 is 23.3 Å². The maximum absolute atomic E-state index is 12.1. The normalized spacial score (nSPS) is 11.4. The second-order valence-corrected chi connectivity index (χ2v) is 5.13. The summed E-state index contributed by atoms with van der Waals surface area (Å²) in [7, 11) is 0. The van der Waals surface area contributed by atoms with Gasteiger partial charge in [0.25, 0.3) is 5.91 Å². The first kappa shape index (κ1) is 16.4. The van der Waals surface area contributed by atoms with Gasteiger partial charge in [-0.25, -0.2) is 4.79 Å². The van der Waals surface area contributed by atoms with Gasteiger partial charge in [-0.15, -0.1) is 0 Å². The number of nitrogens with two attached hydrogens (primary N) is 1. The highest BCUT2D eigenvalue weighted by Crippen LogP contribution is 2.16. The number of nitrogens with one attached hydrogen (secondary N) is 2. The number of urea groups is 1. The number of rotatable bonds is 5. The van der Waals surface area contributed by atoms with Gasteiger partial charge in [0.15, 0.2) is 6.10 Å². The summed E-state index contributed by atoms with van der Waals surface area (Å²) in [5.41, 5.74) is 7.31. The van der Waals surface area contributed by atoms with E-state index in [2.05, 4.69) is 10.6 Å². The Hall–Kier alpha value is -3.02.